The highest BCUT2D eigenvalue weighted by Crippen LogP contribution is 2.54. The summed E-state index contributed by atoms with van der Waals surface area (Å²) in [6.45, 7) is 17.0. The van der Waals surface area contributed by atoms with Gasteiger partial charge in [-0.1, -0.05) is 38.8 Å². The molecule has 0 aromatic carbocycles. The van der Waals surface area contributed by atoms with Crippen LogP contribution in [0.3, 0.4) is 0 Å². The summed E-state index contributed by atoms with van der Waals surface area (Å²) in [6, 6.07) is 0.711. The Morgan fingerprint density at radius 1 is 0.850 bits per heavy atom. The Balaban J connectivity index is 2.26. The SMILES string of the molecule is CC(C)C1=C(C(C)C)C2(CCCN(C(C)C)CC2)CC1. The fourth-order valence-corrected chi connectivity index (χ4v) is 4.82. The van der Waals surface area contributed by atoms with Gasteiger partial charge in [0.25, 0.3) is 0 Å². The molecule has 1 unspecified atom stereocenters. The molecule has 1 heterocycles. The van der Waals surface area contributed by atoms with E-state index in [0.717, 1.165) is 11.8 Å². The second-order valence-electron chi connectivity index (χ2n) is 8.01. The molecular formula is C19H35N. The lowest BCUT2D eigenvalue weighted by Crippen LogP contribution is -2.33. The van der Waals surface area contributed by atoms with Gasteiger partial charge in [-0.25, -0.2) is 0 Å². The van der Waals surface area contributed by atoms with E-state index in [1.807, 2.05) is 5.57 Å². The lowest BCUT2D eigenvalue weighted by molar-refractivity contribution is 0.215. The zero-order valence-corrected chi connectivity index (χ0v) is 14.6. The summed E-state index contributed by atoms with van der Waals surface area (Å²) in [5, 5.41) is 0. The molecule has 0 radical (unpaired) electrons. The summed E-state index contributed by atoms with van der Waals surface area (Å²) >= 11 is 0. The zero-order valence-electron chi connectivity index (χ0n) is 14.6. The van der Waals surface area contributed by atoms with Crippen molar-refractivity contribution in [3.05, 3.63) is 11.1 Å². The van der Waals surface area contributed by atoms with E-state index in [2.05, 4.69) is 46.4 Å². The maximum Gasteiger partial charge on any atom is 0.00385 e. The van der Waals surface area contributed by atoms with Gasteiger partial charge in [0.05, 0.1) is 0 Å². The van der Waals surface area contributed by atoms with E-state index in [1.54, 1.807) is 5.57 Å². The fourth-order valence-electron chi connectivity index (χ4n) is 4.82. The van der Waals surface area contributed by atoms with Gasteiger partial charge in [0, 0.05) is 6.04 Å². The van der Waals surface area contributed by atoms with Crippen LogP contribution in [-0.4, -0.2) is 24.0 Å². The molecule has 0 bridgehead atoms. The van der Waals surface area contributed by atoms with Crippen molar-refractivity contribution in [2.75, 3.05) is 13.1 Å². The van der Waals surface area contributed by atoms with Gasteiger partial charge in [0.1, 0.15) is 0 Å². The van der Waals surface area contributed by atoms with Crippen LogP contribution in [0.15, 0.2) is 11.1 Å². The molecule has 1 fully saturated rings. The Labute approximate surface area is 126 Å². The van der Waals surface area contributed by atoms with Crippen LogP contribution in [0.5, 0.6) is 0 Å². The standard InChI is InChI=1S/C19H35N/c1-14(2)17-8-10-19(18(17)15(3)4)9-7-12-20(13-11-19)16(5)6/h14-16H,7-13H2,1-6H3. The third-order valence-corrected chi connectivity index (χ3v) is 5.77. The summed E-state index contributed by atoms with van der Waals surface area (Å²) < 4.78 is 0. The maximum atomic E-state index is 2.69. The van der Waals surface area contributed by atoms with Crippen molar-refractivity contribution >= 4 is 0 Å². The molecule has 0 aromatic rings. The molecule has 1 atom stereocenters. The number of likely N-dealkylation sites (tertiary alicyclic amines) is 1. The Kier molecular flexibility index (Phi) is 5.00. The van der Waals surface area contributed by atoms with Gasteiger partial charge in [0.15, 0.2) is 0 Å². The molecule has 1 heteroatoms. The molecule has 20 heavy (non-hydrogen) atoms. The Hall–Kier alpha value is -0.300. The molecule has 1 nitrogen and oxygen atoms in total. The molecule has 2 aliphatic rings. The highest BCUT2D eigenvalue weighted by molar-refractivity contribution is 5.31. The van der Waals surface area contributed by atoms with Crippen molar-refractivity contribution in [1.82, 2.24) is 4.90 Å². The average molecular weight is 277 g/mol. The van der Waals surface area contributed by atoms with Crippen LogP contribution >= 0.6 is 0 Å². The van der Waals surface area contributed by atoms with E-state index in [1.165, 1.54) is 45.2 Å². The van der Waals surface area contributed by atoms with Gasteiger partial charge in [-0.15, -0.1) is 0 Å². The minimum Gasteiger partial charge on any atom is -0.301 e. The minimum absolute atomic E-state index is 0.553. The van der Waals surface area contributed by atoms with Gasteiger partial charge in [-0.2, -0.15) is 0 Å². The first kappa shape index (κ1) is 16.1. The Morgan fingerprint density at radius 3 is 2.10 bits per heavy atom. The van der Waals surface area contributed by atoms with E-state index >= 15 is 0 Å². The molecule has 0 amide bonds. The highest BCUT2D eigenvalue weighted by atomic mass is 15.1. The smallest absolute Gasteiger partial charge is 0.00385 e. The topological polar surface area (TPSA) is 3.24 Å². The lowest BCUT2D eigenvalue weighted by atomic mass is 9.70. The van der Waals surface area contributed by atoms with Crippen molar-refractivity contribution in [1.29, 1.82) is 0 Å². The second kappa shape index (κ2) is 6.22. The summed E-state index contributed by atoms with van der Waals surface area (Å²) in [7, 11) is 0. The van der Waals surface area contributed by atoms with Crippen LogP contribution in [0, 0.1) is 17.3 Å². The Bertz CT molecular complexity index is 364. The van der Waals surface area contributed by atoms with Gasteiger partial charge in [-0.3, -0.25) is 0 Å². The minimum atomic E-state index is 0.553. The van der Waals surface area contributed by atoms with E-state index in [-0.39, 0.29) is 0 Å². The predicted octanol–water partition coefficient (Wildman–Crippen LogP) is 5.27. The van der Waals surface area contributed by atoms with E-state index < -0.39 is 0 Å². The molecule has 1 spiro atoms. The average Bonchev–Trinajstić information content (AvgIpc) is 2.58. The molecular weight excluding hydrogens is 242 g/mol. The number of hydrogen-bond donors (Lipinski definition) is 0. The van der Waals surface area contributed by atoms with Crippen LogP contribution in [0.1, 0.15) is 73.6 Å². The van der Waals surface area contributed by atoms with Crippen molar-refractivity contribution in [3.63, 3.8) is 0 Å². The first-order valence-electron chi connectivity index (χ1n) is 8.85. The summed E-state index contributed by atoms with van der Waals surface area (Å²) in [6.07, 6.45) is 7.02. The molecule has 1 aliphatic carbocycles. The van der Waals surface area contributed by atoms with Crippen LogP contribution in [-0.2, 0) is 0 Å². The van der Waals surface area contributed by atoms with Gasteiger partial charge >= 0.3 is 0 Å². The molecule has 1 aliphatic heterocycles. The van der Waals surface area contributed by atoms with Crippen LogP contribution < -0.4 is 0 Å². The summed E-state index contributed by atoms with van der Waals surface area (Å²) in [4.78, 5) is 2.69. The molecule has 0 aromatic heterocycles. The van der Waals surface area contributed by atoms with E-state index in [9.17, 15) is 0 Å². The monoisotopic (exact) mass is 277 g/mol. The first-order chi connectivity index (χ1) is 9.37. The van der Waals surface area contributed by atoms with Crippen molar-refractivity contribution in [3.8, 4) is 0 Å². The number of hydrogen-bond acceptors (Lipinski definition) is 1. The maximum absolute atomic E-state index is 2.69. The predicted molar refractivity (Wildman–Crippen MR) is 88.9 cm³/mol. The Morgan fingerprint density at radius 2 is 1.55 bits per heavy atom. The summed E-state index contributed by atoms with van der Waals surface area (Å²) in [5.74, 6) is 1.48. The third kappa shape index (κ3) is 2.98. The van der Waals surface area contributed by atoms with Gasteiger partial charge in [-0.05, 0) is 76.3 Å². The number of rotatable bonds is 3. The van der Waals surface area contributed by atoms with Gasteiger partial charge < -0.3 is 4.90 Å². The van der Waals surface area contributed by atoms with E-state index in [4.69, 9.17) is 0 Å². The van der Waals surface area contributed by atoms with Crippen molar-refractivity contribution < 1.29 is 0 Å². The molecule has 116 valence electrons. The van der Waals surface area contributed by atoms with Crippen LogP contribution in [0.4, 0.5) is 0 Å². The third-order valence-electron chi connectivity index (χ3n) is 5.77. The van der Waals surface area contributed by atoms with Crippen LogP contribution in [0.25, 0.3) is 0 Å². The molecule has 0 N–H and O–H groups in total. The second-order valence-corrected chi connectivity index (χ2v) is 8.01. The normalized spacial score (nSPS) is 29.2. The molecule has 1 saturated heterocycles. The first-order valence-corrected chi connectivity index (χ1v) is 8.85. The van der Waals surface area contributed by atoms with Crippen molar-refractivity contribution in [2.45, 2.75) is 79.7 Å². The van der Waals surface area contributed by atoms with Gasteiger partial charge in [0.2, 0.25) is 0 Å². The zero-order chi connectivity index (χ0) is 14.9. The molecule has 0 saturated carbocycles. The quantitative estimate of drug-likeness (QED) is 0.635. The largest absolute Gasteiger partial charge is 0.301 e. The molecule has 2 rings (SSSR count). The highest BCUT2D eigenvalue weighted by Gasteiger charge is 2.42. The summed E-state index contributed by atoms with van der Waals surface area (Å²) in [5.41, 5.74) is 4.22. The van der Waals surface area contributed by atoms with Crippen molar-refractivity contribution in [2.24, 2.45) is 17.3 Å². The van der Waals surface area contributed by atoms with E-state index in [0.29, 0.717) is 11.5 Å². The number of allylic oxidation sites excluding steroid dienone is 2. The number of nitrogens with zero attached hydrogens (tertiary/aromatic N) is 1. The lowest BCUT2D eigenvalue weighted by Gasteiger charge is -2.35. The van der Waals surface area contributed by atoms with Crippen LogP contribution in [0.2, 0.25) is 0 Å². The fraction of sp³-hybridized carbons (Fsp3) is 0.895.